The predicted octanol–water partition coefficient (Wildman–Crippen LogP) is 3.78. The van der Waals surface area contributed by atoms with Gasteiger partial charge in [-0.1, -0.05) is 42.5 Å². The Morgan fingerprint density at radius 1 is 1.03 bits per heavy atom. The molecule has 0 unspecified atom stereocenters. The van der Waals surface area contributed by atoms with E-state index in [1.807, 2.05) is 12.1 Å². The van der Waals surface area contributed by atoms with Crippen molar-refractivity contribution < 1.29 is 0 Å². The highest BCUT2D eigenvalue weighted by molar-refractivity contribution is 8.01. The zero-order chi connectivity index (χ0) is 22.5. The summed E-state index contributed by atoms with van der Waals surface area (Å²) >= 11 is 2.71. The van der Waals surface area contributed by atoms with Crippen LogP contribution in [0.2, 0.25) is 0 Å². The average molecular weight is 455 g/mol. The number of nitriles is 4. The topological polar surface area (TPSA) is 130 Å². The third-order valence-corrected chi connectivity index (χ3v) is 8.77. The highest BCUT2D eigenvalue weighted by Crippen LogP contribution is 2.54. The molecule has 0 saturated heterocycles. The molecule has 1 spiro atoms. The highest BCUT2D eigenvalue weighted by atomic mass is 32.2. The van der Waals surface area contributed by atoms with Crippen LogP contribution in [0.3, 0.4) is 0 Å². The number of fused-ring (bicyclic) bond motifs is 4. The fourth-order valence-corrected chi connectivity index (χ4v) is 7.26. The van der Waals surface area contributed by atoms with Crippen LogP contribution in [0.1, 0.15) is 29.7 Å². The molecule has 2 aliphatic carbocycles. The molecule has 3 heterocycles. The van der Waals surface area contributed by atoms with Crippen LogP contribution >= 0.6 is 23.1 Å². The van der Waals surface area contributed by atoms with E-state index in [1.165, 1.54) is 32.5 Å². The second kappa shape index (κ2) is 7.21. The first kappa shape index (κ1) is 20.3. The lowest BCUT2D eigenvalue weighted by molar-refractivity contribution is 0.428. The Balaban J connectivity index is 1.76. The summed E-state index contributed by atoms with van der Waals surface area (Å²) in [5, 5.41) is 39.6. The molecule has 0 aromatic carbocycles. The van der Waals surface area contributed by atoms with Gasteiger partial charge in [-0.15, -0.1) is 11.3 Å². The normalized spacial score (nSPS) is 22.3. The maximum atomic E-state index is 13.8. The molecule has 3 aliphatic rings. The molecule has 5 rings (SSSR count). The smallest absolute Gasteiger partial charge is 0.265 e. The van der Waals surface area contributed by atoms with Crippen molar-refractivity contribution in [3.8, 4) is 24.3 Å². The first-order valence-corrected chi connectivity index (χ1v) is 11.7. The van der Waals surface area contributed by atoms with E-state index in [9.17, 15) is 15.3 Å². The van der Waals surface area contributed by atoms with Gasteiger partial charge in [0.1, 0.15) is 39.4 Å². The Morgan fingerprint density at radius 2 is 1.72 bits per heavy atom. The van der Waals surface area contributed by atoms with Crippen molar-refractivity contribution in [2.45, 2.75) is 47.5 Å². The Labute approximate surface area is 191 Å². The van der Waals surface area contributed by atoms with Gasteiger partial charge in [0.15, 0.2) is 5.16 Å². The van der Waals surface area contributed by atoms with E-state index < -0.39 is 10.3 Å². The maximum Gasteiger partial charge on any atom is 0.265 e. The van der Waals surface area contributed by atoms with Gasteiger partial charge in [0.25, 0.3) is 5.56 Å². The lowest BCUT2D eigenvalue weighted by Gasteiger charge is -2.32. The van der Waals surface area contributed by atoms with Crippen molar-refractivity contribution in [1.82, 2.24) is 9.55 Å². The van der Waals surface area contributed by atoms with Crippen LogP contribution in [0, 0.1) is 45.3 Å². The Hall–Kier alpha value is -3.63. The number of rotatable bonds is 0. The highest BCUT2D eigenvalue weighted by Gasteiger charge is 2.60. The number of thioether (sulfide) groups is 1. The molecule has 7 nitrogen and oxygen atoms in total. The summed E-state index contributed by atoms with van der Waals surface area (Å²) in [4.78, 5) is 20.3. The largest absolute Gasteiger partial charge is 0.268 e. The summed E-state index contributed by atoms with van der Waals surface area (Å²) in [5.74, 6) is 0. The van der Waals surface area contributed by atoms with E-state index in [2.05, 4.69) is 12.1 Å². The van der Waals surface area contributed by atoms with E-state index in [4.69, 9.17) is 15.5 Å². The standard InChI is InChI=1S/C23H14N6OS2/c24-10-15(11-25)14-6-8-23(9-7-14)22(12-26,13-27)29-20(30)18-16-4-2-1-3-5-17(16)31-19(18)28-21(29)32-23/h6-9H,1-5H2. The van der Waals surface area contributed by atoms with Crippen LogP contribution in [0.4, 0.5) is 0 Å². The number of allylic oxidation sites excluding steroid dienone is 4. The van der Waals surface area contributed by atoms with Gasteiger partial charge >= 0.3 is 0 Å². The molecule has 0 radical (unpaired) electrons. The Kier molecular flexibility index (Phi) is 4.57. The van der Waals surface area contributed by atoms with Crippen LogP contribution < -0.4 is 5.56 Å². The van der Waals surface area contributed by atoms with Crippen molar-refractivity contribution in [2.75, 3.05) is 0 Å². The molecule has 154 valence electrons. The van der Waals surface area contributed by atoms with Crippen molar-refractivity contribution in [2.24, 2.45) is 0 Å². The number of hydrogen-bond donors (Lipinski definition) is 0. The number of nitrogens with zero attached hydrogens (tertiary/aromatic N) is 6. The first-order valence-electron chi connectivity index (χ1n) is 10.1. The lowest BCUT2D eigenvalue weighted by Crippen LogP contribution is -2.49. The summed E-state index contributed by atoms with van der Waals surface area (Å²) in [7, 11) is 0. The van der Waals surface area contributed by atoms with Crippen LogP contribution in [-0.2, 0) is 18.4 Å². The fourth-order valence-electron chi connectivity index (χ4n) is 4.60. The minimum absolute atomic E-state index is 0.0640. The van der Waals surface area contributed by atoms with Crippen molar-refractivity contribution >= 4 is 33.3 Å². The zero-order valence-electron chi connectivity index (χ0n) is 16.8. The zero-order valence-corrected chi connectivity index (χ0v) is 18.4. The van der Waals surface area contributed by atoms with E-state index in [1.54, 1.807) is 24.3 Å². The molecule has 0 saturated carbocycles. The fraction of sp³-hybridized carbons (Fsp3) is 0.304. The van der Waals surface area contributed by atoms with Crippen LogP contribution in [0.25, 0.3) is 10.2 Å². The van der Waals surface area contributed by atoms with Gasteiger partial charge < -0.3 is 0 Å². The van der Waals surface area contributed by atoms with Gasteiger partial charge in [0.2, 0.25) is 5.54 Å². The van der Waals surface area contributed by atoms with Gasteiger partial charge in [-0.25, -0.2) is 4.98 Å². The summed E-state index contributed by atoms with van der Waals surface area (Å²) in [6.45, 7) is 0. The van der Waals surface area contributed by atoms with Crippen LogP contribution in [-0.4, -0.2) is 14.3 Å². The molecule has 2 aromatic heterocycles. The molecular weight excluding hydrogens is 440 g/mol. The molecule has 9 heteroatoms. The SMILES string of the molecule is N#CC(C#N)=C1C=CC2(C=C1)Sc1nc3sc4c(c3c(=O)n1C2(C#N)C#N)CCCCC4. The molecular formula is C23H14N6OS2. The average Bonchev–Trinajstić information content (AvgIpc) is 3.17. The number of aryl methyl sites for hydroxylation is 2. The van der Waals surface area contributed by atoms with E-state index in [-0.39, 0.29) is 11.1 Å². The van der Waals surface area contributed by atoms with E-state index >= 15 is 0 Å². The molecule has 0 bridgehead atoms. The van der Waals surface area contributed by atoms with Gasteiger partial charge in [0.05, 0.1) is 5.39 Å². The second-order valence-electron chi connectivity index (χ2n) is 7.83. The Morgan fingerprint density at radius 3 is 2.38 bits per heavy atom. The van der Waals surface area contributed by atoms with E-state index in [0.717, 1.165) is 37.7 Å². The molecule has 32 heavy (non-hydrogen) atoms. The molecule has 0 amide bonds. The van der Waals surface area contributed by atoms with Crippen LogP contribution in [0.5, 0.6) is 0 Å². The molecule has 0 atom stereocenters. The van der Waals surface area contributed by atoms with Crippen molar-refractivity contribution in [3.05, 3.63) is 56.2 Å². The molecule has 1 aliphatic heterocycles. The van der Waals surface area contributed by atoms with Gasteiger partial charge in [0, 0.05) is 10.5 Å². The summed E-state index contributed by atoms with van der Waals surface area (Å²) < 4.78 is 0.0480. The van der Waals surface area contributed by atoms with Crippen LogP contribution in [0.15, 0.2) is 45.4 Å². The predicted molar refractivity (Wildman–Crippen MR) is 119 cm³/mol. The van der Waals surface area contributed by atoms with Gasteiger partial charge in [-0.3, -0.25) is 9.36 Å². The third kappa shape index (κ3) is 2.50. The number of thiophene rings is 1. The summed E-state index contributed by atoms with van der Waals surface area (Å²) in [5.41, 5.74) is -0.851. The van der Waals surface area contributed by atoms with E-state index in [0.29, 0.717) is 20.9 Å². The van der Waals surface area contributed by atoms with Gasteiger partial charge in [-0.05, 0) is 31.2 Å². The number of aromatic nitrogens is 2. The molecule has 2 aromatic rings. The second-order valence-corrected chi connectivity index (χ2v) is 10.2. The first-order chi connectivity index (χ1) is 15.5. The van der Waals surface area contributed by atoms with Gasteiger partial charge in [-0.2, -0.15) is 21.0 Å². The van der Waals surface area contributed by atoms with Crippen molar-refractivity contribution in [1.29, 1.82) is 21.0 Å². The number of hydrogen-bond acceptors (Lipinski definition) is 8. The summed E-state index contributed by atoms with van der Waals surface area (Å²) in [6, 6.07) is 7.89. The quantitative estimate of drug-likeness (QED) is 0.336. The molecule has 0 fully saturated rings. The monoisotopic (exact) mass is 454 g/mol. The molecule has 0 N–H and O–H groups in total. The summed E-state index contributed by atoms with van der Waals surface area (Å²) in [6.07, 6.45) is 11.3. The minimum Gasteiger partial charge on any atom is -0.268 e. The third-order valence-electron chi connectivity index (χ3n) is 6.23. The lowest BCUT2D eigenvalue weighted by atomic mass is 9.81. The van der Waals surface area contributed by atoms with Crippen molar-refractivity contribution in [3.63, 3.8) is 0 Å². The minimum atomic E-state index is -1.84. The Bertz CT molecular complexity index is 1460. The maximum absolute atomic E-state index is 13.8.